The van der Waals surface area contributed by atoms with E-state index in [0.29, 0.717) is 16.6 Å². The van der Waals surface area contributed by atoms with Crippen LogP contribution >= 0.6 is 11.6 Å². The van der Waals surface area contributed by atoms with Gasteiger partial charge >= 0.3 is 0 Å². The second-order valence-electron chi connectivity index (χ2n) is 4.80. The van der Waals surface area contributed by atoms with Crippen molar-refractivity contribution in [2.75, 3.05) is 17.6 Å². The normalized spacial score (nSPS) is 24.6. The molecule has 17 heavy (non-hydrogen) atoms. The third kappa shape index (κ3) is 3.51. The highest BCUT2D eigenvalue weighted by atomic mass is 35.5. The van der Waals surface area contributed by atoms with E-state index in [2.05, 4.69) is 5.32 Å². The molecule has 2 rings (SSSR count). The molecular weight excluding hydrogens is 236 g/mol. The van der Waals surface area contributed by atoms with Gasteiger partial charge in [0.25, 0.3) is 0 Å². The number of aliphatic hydroxyl groups is 1. The number of nitrogen functional groups attached to an aromatic ring is 1. The summed E-state index contributed by atoms with van der Waals surface area (Å²) in [6, 6.07) is 5.43. The lowest BCUT2D eigenvalue weighted by Crippen LogP contribution is -2.25. The molecule has 4 N–H and O–H groups in total. The number of halogens is 1. The summed E-state index contributed by atoms with van der Waals surface area (Å²) in [6.07, 6.45) is 3.97. The summed E-state index contributed by atoms with van der Waals surface area (Å²) in [5, 5.41) is 13.6. The highest BCUT2D eigenvalue weighted by Crippen LogP contribution is 2.27. The topological polar surface area (TPSA) is 58.3 Å². The molecule has 0 bridgehead atoms. The molecule has 1 saturated carbocycles. The summed E-state index contributed by atoms with van der Waals surface area (Å²) in [7, 11) is 0. The van der Waals surface area contributed by atoms with Gasteiger partial charge in [-0.1, -0.05) is 18.0 Å². The minimum absolute atomic E-state index is 0.132. The summed E-state index contributed by atoms with van der Waals surface area (Å²) in [6.45, 7) is 0.849. The van der Waals surface area contributed by atoms with Crippen LogP contribution in [-0.2, 0) is 0 Å². The van der Waals surface area contributed by atoms with Crippen LogP contribution in [-0.4, -0.2) is 17.8 Å². The van der Waals surface area contributed by atoms with Crippen LogP contribution in [0.1, 0.15) is 25.7 Å². The van der Waals surface area contributed by atoms with Gasteiger partial charge in [0.15, 0.2) is 0 Å². The van der Waals surface area contributed by atoms with Crippen LogP contribution in [0.4, 0.5) is 11.4 Å². The first kappa shape index (κ1) is 12.5. The molecule has 3 nitrogen and oxygen atoms in total. The maximum absolute atomic E-state index is 9.60. The van der Waals surface area contributed by atoms with E-state index in [1.807, 2.05) is 6.07 Å². The number of aliphatic hydroxyl groups excluding tert-OH is 1. The molecule has 0 amide bonds. The van der Waals surface area contributed by atoms with E-state index in [4.69, 9.17) is 17.3 Å². The molecule has 1 aliphatic carbocycles. The molecule has 1 aromatic carbocycles. The van der Waals surface area contributed by atoms with Crippen molar-refractivity contribution < 1.29 is 5.11 Å². The van der Waals surface area contributed by atoms with Gasteiger partial charge in [0.05, 0.1) is 17.5 Å². The van der Waals surface area contributed by atoms with Gasteiger partial charge in [0.2, 0.25) is 0 Å². The first-order valence-electron chi connectivity index (χ1n) is 6.12. The molecule has 2 atom stereocenters. The Morgan fingerprint density at radius 1 is 1.41 bits per heavy atom. The molecule has 0 aliphatic heterocycles. The third-order valence-electron chi connectivity index (χ3n) is 3.35. The molecule has 94 valence electrons. The second kappa shape index (κ2) is 5.61. The van der Waals surface area contributed by atoms with Gasteiger partial charge in [-0.25, -0.2) is 0 Å². The third-order valence-corrected chi connectivity index (χ3v) is 3.59. The van der Waals surface area contributed by atoms with Crippen LogP contribution in [0, 0.1) is 5.92 Å². The zero-order valence-electron chi connectivity index (χ0n) is 9.82. The van der Waals surface area contributed by atoms with Crippen LogP contribution in [0.15, 0.2) is 18.2 Å². The van der Waals surface area contributed by atoms with Crippen LogP contribution in [0.2, 0.25) is 5.02 Å². The Kier molecular flexibility index (Phi) is 4.13. The Morgan fingerprint density at radius 3 is 3.00 bits per heavy atom. The summed E-state index contributed by atoms with van der Waals surface area (Å²) in [5.74, 6) is 0.525. The molecular formula is C13H19ClN2O. The number of rotatable bonds is 3. The Bertz CT molecular complexity index is 384. The minimum Gasteiger partial charge on any atom is -0.397 e. The van der Waals surface area contributed by atoms with Crippen molar-refractivity contribution in [2.45, 2.75) is 31.8 Å². The van der Waals surface area contributed by atoms with Gasteiger partial charge < -0.3 is 16.2 Å². The largest absolute Gasteiger partial charge is 0.397 e. The van der Waals surface area contributed by atoms with Crippen LogP contribution in [0.3, 0.4) is 0 Å². The van der Waals surface area contributed by atoms with Gasteiger partial charge in [0.1, 0.15) is 0 Å². The number of nitrogens with one attached hydrogen (secondary N) is 1. The molecule has 1 aliphatic rings. The fourth-order valence-electron chi connectivity index (χ4n) is 2.38. The summed E-state index contributed by atoms with van der Waals surface area (Å²) < 4.78 is 0. The van der Waals surface area contributed by atoms with E-state index >= 15 is 0 Å². The number of hydrogen-bond acceptors (Lipinski definition) is 3. The predicted octanol–water partition coefficient (Wildman–Crippen LogP) is 2.89. The van der Waals surface area contributed by atoms with Crippen LogP contribution in [0.5, 0.6) is 0 Å². The van der Waals surface area contributed by atoms with Crippen LogP contribution in [0.25, 0.3) is 0 Å². The highest BCUT2D eigenvalue weighted by molar-refractivity contribution is 6.31. The lowest BCUT2D eigenvalue weighted by molar-refractivity contribution is 0.105. The molecule has 0 spiro atoms. The van der Waals surface area contributed by atoms with E-state index in [9.17, 15) is 5.11 Å². The summed E-state index contributed by atoms with van der Waals surface area (Å²) >= 11 is 5.93. The lowest BCUT2D eigenvalue weighted by Gasteiger charge is -2.26. The fraction of sp³-hybridized carbons (Fsp3) is 0.538. The maximum Gasteiger partial charge on any atom is 0.0588 e. The van der Waals surface area contributed by atoms with E-state index in [1.54, 1.807) is 12.1 Å². The first-order valence-corrected chi connectivity index (χ1v) is 6.50. The SMILES string of the molecule is Nc1ccc(Cl)cc1NCC1CCCC(O)C1. The van der Waals surface area contributed by atoms with Crippen molar-refractivity contribution >= 4 is 23.0 Å². The molecule has 4 heteroatoms. The smallest absolute Gasteiger partial charge is 0.0588 e. The van der Waals surface area contributed by atoms with Crippen molar-refractivity contribution in [1.82, 2.24) is 0 Å². The van der Waals surface area contributed by atoms with Gasteiger partial charge in [-0.2, -0.15) is 0 Å². The van der Waals surface area contributed by atoms with Gasteiger partial charge in [-0.3, -0.25) is 0 Å². The molecule has 0 aromatic heterocycles. The monoisotopic (exact) mass is 254 g/mol. The Balaban J connectivity index is 1.90. The van der Waals surface area contributed by atoms with Gasteiger partial charge in [-0.05, 0) is 43.4 Å². The van der Waals surface area contributed by atoms with E-state index in [0.717, 1.165) is 31.5 Å². The minimum atomic E-state index is -0.132. The van der Waals surface area contributed by atoms with Crippen molar-refractivity contribution in [3.05, 3.63) is 23.2 Å². The number of hydrogen-bond donors (Lipinski definition) is 3. The molecule has 2 unspecified atom stereocenters. The molecule has 0 radical (unpaired) electrons. The Hall–Kier alpha value is -0.930. The standard InChI is InChI=1S/C13H19ClN2O/c14-10-4-5-12(15)13(7-10)16-8-9-2-1-3-11(17)6-9/h4-5,7,9,11,16-17H,1-3,6,8,15H2. The first-order chi connectivity index (χ1) is 8.15. The summed E-state index contributed by atoms with van der Waals surface area (Å²) in [5.41, 5.74) is 7.46. The van der Waals surface area contributed by atoms with Crippen molar-refractivity contribution in [3.63, 3.8) is 0 Å². The van der Waals surface area contributed by atoms with Crippen LogP contribution < -0.4 is 11.1 Å². The van der Waals surface area contributed by atoms with Gasteiger partial charge in [-0.15, -0.1) is 0 Å². The number of anilines is 2. The van der Waals surface area contributed by atoms with Crippen molar-refractivity contribution in [2.24, 2.45) is 5.92 Å². The van der Waals surface area contributed by atoms with E-state index in [1.165, 1.54) is 6.42 Å². The van der Waals surface area contributed by atoms with E-state index < -0.39 is 0 Å². The molecule has 0 heterocycles. The molecule has 0 saturated heterocycles. The predicted molar refractivity (Wildman–Crippen MR) is 72.3 cm³/mol. The van der Waals surface area contributed by atoms with E-state index in [-0.39, 0.29) is 6.10 Å². The maximum atomic E-state index is 9.60. The quantitative estimate of drug-likeness (QED) is 0.727. The highest BCUT2D eigenvalue weighted by Gasteiger charge is 2.19. The Labute approximate surface area is 107 Å². The molecule has 1 fully saturated rings. The van der Waals surface area contributed by atoms with Gasteiger partial charge in [0, 0.05) is 11.6 Å². The molecule has 1 aromatic rings. The Morgan fingerprint density at radius 2 is 2.24 bits per heavy atom. The average Bonchev–Trinajstić information content (AvgIpc) is 2.30. The number of nitrogens with two attached hydrogens (primary N) is 1. The lowest BCUT2D eigenvalue weighted by atomic mass is 9.87. The fourth-order valence-corrected chi connectivity index (χ4v) is 2.56. The zero-order valence-corrected chi connectivity index (χ0v) is 10.6. The second-order valence-corrected chi connectivity index (χ2v) is 5.24. The number of benzene rings is 1. The van der Waals surface area contributed by atoms with Crippen molar-refractivity contribution in [3.8, 4) is 0 Å². The average molecular weight is 255 g/mol. The summed E-state index contributed by atoms with van der Waals surface area (Å²) in [4.78, 5) is 0. The van der Waals surface area contributed by atoms with Crippen molar-refractivity contribution in [1.29, 1.82) is 0 Å². The zero-order chi connectivity index (χ0) is 12.3.